The minimum atomic E-state index is -0.736. The molecule has 0 heterocycles. The first-order chi connectivity index (χ1) is 9.08. The normalized spacial score (nSPS) is 11.5. The van der Waals surface area contributed by atoms with Crippen LogP contribution in [0.4, 0.5) is 4.79 Å². The zero-order valence-corrected chi connectivity index (χ0v) is 11.3. The SMILES string of the molecule is COC(=O)N[C@@H](Cc1ccccc1)C(=O)N(C)OC. The third kappa shape index (κ3) is 4.59. The van der Waals surface area contributed by atoms with E-state index in [1.54, 1.807) is 0 Å². The number of carbonyl (C=O) groups is 2. The molecule has 1 atom stereocenters. The van der Waals surface area contributed by atoms with Gasteiger partial charge in [0.15, 0.2) is 0 Å². The highest BCUT2D eigenvalue weighted by molar-refractivity contribution is 5.85. The van der Waals surface area contributed by atoms with Gasteiger partial charge in [-0.1, -0.05) is 30.3 Å². The first-order valence-electron chi connectivity index (χ1n) is 5.78. The summed E-state index contributed by atoms with van der Waals surface area (Å²) in [5, 5.41) is 3.57. The lowest BCUT2D eigenvalue weighted by atomic mass is 10.1. The minimum Gasteiger partial charge on any atom is -0.453 e. The van der Waals surface area contributed by atoms with E-state index in [1.807, 2.05) is 30.3 Å². The van der Waals surface area contributed by atoms with Crippen LogP contribution < -0.4 is 5.32 Å². The molecule has 19 heavy (non-hydrogen) atoms. The van der Waals surface area contributed by atoms with Crippen LogP contribution in [0.5, 0.6) is 0 Å². The monoisotopic (exact) mass is 266 g/mol. The summed E-state index contributed by atoms with van der Waals surface area (Å²) in [5.74, 6) is -0.350. The molecule has 6 heteroatoms. The van der Waals surface area contributed by atoms with Crippen LogP contribution in [-0.2, 0) is 20.8 Å². The Kier molecular flexibility index (Phi) is 5.81. The van der Waals surface area contributed by atoms with E-state index in [0.717, 1.165) is 10.6 Å². The second-order valence-corrected chi connectivity index (χ2v) is 3.90. The number of benzene rings is 1. The molecule has 0 saturated carbocycles. The molecule has 0 spiro atoms. The Labute approximate surface area is 112 Å². The molecule has 6 nitrogen and oxygen atoms in total. The molecular formula is C13H18N2O4. The Morgan fingerprint density at radius 2 is 1.89 bits per heavy atom. The molecule has 0 aliphatic rings. The Morgan fingerprint density at radius 3 is 2.42 bits per heavy atom. The van der Waals surface area contributed by atoms with Gasteiger partial charge in [-0.15, -0.1) is 0 Å². The van der Waals surface area contributed by atoms with Crippen molar-refractivity contribution >= 4 is 12.0 Å². The van der Waals surface area contributed by atoms with Gasteiger partial charge < -0.3 is 10.1 Å². The number of hydrogen-bond acceptors (Lipinski definition) is 4. The quantitative estimate of drug-likeness (QED) is 0.806. The topological polar surface area (TPSA) is 67.9 Å². The Hall–Kier alpha value is -2.08. The number of nitrogens with one attached hydrogen (secondary N) is 1. The van der Waals surface area contributed by atoms with Crippen molar-refractivity contribution in [3.8, 4) is 0 Å². The molecule has 1 aromatic rings. The predicted octanol–water partition coefficient (Wildman–Crippen LogP) is 0.973. The zero-order chi connectivity index (χ0) is 14.3. The molecule has 1 rings (SSSR count). The summed E-state index contributed by atoms with van der Waals surface area (Å²) < 4.78 is 4.52. The van der Waals surface area contributed by atoms with Crippen molar-refractivity contribution < 1.29 is 19.2 Å². The number of likely N-dealkylation sites (N-methyl/N-ethyl adjacent to an activating group) is 1. The largest absolute Gasteiger partial charge is 0.453 e. The number of rotatable bonds is 5. The van der Waals surface area contributed by atoms with E-state index < -0.39 is 12.1 Å². The molecule has 1 N–H and O–H groups in total. The number of methoxy groups -OCH3 is 1. The summed E-state index contributed by atoms with van der Waals surface area (Å²) in [6.45, 7) is 0. The van der Waals surface area contributed by atoms with Gasteiger partial charge in [-0.2, -0.15) is 0 Å². The van der Waals surface area contributed by atoms with Crippen LogP contribution in [0.1, 0.15) is 5.56 Å². The standard InChI is InChI=1S/C13H18N2O4/c1-15(19-3)12(16)11(14-13(17)18-2)9-10-7-5-4-6-8-10/h4-8,11H,9H2,1-3H3,(H,14,17)/t11-/m0/s1. The lowest BCUT2D eigenvalue weighted by Crippen LogP contribution is -2.48. The molecule has 0 unspecified atom stereocenters. The van der Waals surface area contributed by atoms with Gasteiger partial charge in [0, 0.05) is 13.5 Å². The average molecular weight is 266 g/mol. The highest BCUT2D eigenvalue weighted by atomic mass is 16.7. The Morgan fingerprint density at radius 1 is 1.26 bits per heavy atom. The van der Waals surface area contributed by atoms with Gasteiger partial charge in [-0.25, -0.2) is 9.86 Å². The van der Waals surface area contributed by atoms with E-state index in [4.69, 9.17) is 4.84 Å². The highest BCUT2D eigenvalue weighted by Gasteiger charge is 2.24. The fraction of sp³-hybridized carbons (Fsp3) is 0.385. The van der Waals surface area contributed by atoms with Crippen molar-refractivity contribution in [3.63, 3.8) is 0 Å². The average Bonchev–Trinajstić information content (AvgIpc) is 2.45. The van der Waals surface area contributed by atoms with Crippen molar-refractivity contribution in [2.45, 2.75) is 12.5 Å². The van der Waals surface area contributed by atoms with Gasteiger partial charge in [0.25, 0.3) is 5.91 Å². The third-order valence-corrected chi connectivity index (χ3v) is 2.64. The summed E-state index contributed by atoms with van der Waals surface area (Å²) in [6, 6.07) is 8.65. The maximum atomic E-state index is 12.1. The van der Waals surface area contributed by atoms with Gasteiger partial charge in [-0.05, 0) is 5.56 Å². The molecule has 0 aliphatic heterocycles. The van der Waals surface area contributed by atoms with Crippen molar-refractivity contribution in [3.05, 3.63) is 35.9 Å². The number of hydroxylamine groups is 2. The summed E-state index contributed by atoms with van der Waals surface area (Å²) >= 11 is 0. The van der Waals surface area contributed by atoms with Crippen LogP contribution in [-0.4, -0.2) is 44.4 Å². The van der Waals surface area contributed by atoms with Crippen LogP contribution in [0.25, 0.3) is 0 Å². The lowest BCUT2D eigenvalue weighted by Gasteiger charge is -2.22. The van der Waals surface area contributed by atoms with E-state index >= 15 is 0 Å². The molecule has 0 radical (unpaired) electrons. The van der Waals surface area contributed by atoms with Crippen LogP contribution in [0, 0.1) is 0 Å². The van der Waals surface area contributed by atoms with Crippen molar-refractivity contribution in [2.24, 2.45) is 0 Å². The van der Waals surface area contributed by atoms with Crippen LogP contribution in [0.3, 0.4) is 0 Å². The van der Waals surface area contributed by atoms with E-state index in [9.17, 15) is 9.59 Å². The van der Waals surface area contributed by atoms with Gasteiger partial charge in [0.2, 0.25) is 0 Å². The minimum absolute atomic E-state index is 0.350. The second-order valence-electron chi connectivity index (χ2n) is 3.90. The maximum Gasteiger partial charge on any atom is 0.407 e. The second kappa shape index (κ2) is 7.38. The van der Waals surface area contributed by atoms with Crippen molar-refractivity contribution in [2.75, 3.05) is 21.3 Å². The van der Waals surface area contributed by atoms with Crippen molar-refractivity contribution in [1.29, 1.82) is 0 Å². The lowest BCUT2D eigenvalue weighted by molar-refractivity contribution is -0.170. The van der Waals surface area contributed by atoms with Gasteiger partial charge in [-0.3, -0.25) is 9.63 Å². The Balaban J connectivity index is 2.80. The van der Waals surface area contributed by atoms with Gasteiger partial charge in [0.05, 0.1) is 14.2 Å². The van der Waals surface area contributed by atoms with Crippen LogP contribution >= 0.6 is 0 Å². The predicted molar refractivity (Wildman–Crippen MR) is 69.3 cm³/mol. The van der Waals surface area contributed by atoms with Gasteiger partial charge >= 0.3 is 6.09 Å². The molecule has 0 saturated heterocycles. The first-order valence-corrected chi connectivity index (χ1v) is 5.78. The zero-order valence-electron chi connectivity index (χ0n) is 11.3. The molecule has 0 fully saturated rings. The molecule has 104 valence electrons. The fourth-order valence-corrected chi connectivity index (χ4v) is 1.56. The highest BCUT2D eigenvalue weighted by Crippen LogP contribution is 2.06. The molecule has 0 bridgehead atoms. The van der Waals surface area contributed by atoms with E-state index in [2.05, 4.69) is 10.1 Å². The molecule has 0 aliphatic carbocycles. The van der Waals surface area contributed by atoms with Crippen LogP contribution in [0.15, 0.2) is 30.3 Å². The first kappa shape index (κ1) is 15.0. The van der Waals surface area contributed by atoms with E-state index in [-0.39, 0.29) is 5.91 Å². The Bertz CT molecular complexity index is 422. The number of carbonyl (C=O) groups excluding carboxylic acids is 2. The molecule has 0 aromatic heterocycles. The number of hydrogen-bond donors (Lipinski definition) is 1. The number of amides is 2. The summed E-state index contributed by atoms with van der Waals surface area (Å²) in [5.41, 5.74) is 0.932. The number of alkyl carbamates (subject to hydrolysis) is 1. The number of ether oxygens (including phenoxy) is 1. The van der Waals surface area contributed by atoms with E-state index in [1.165, 1.54) is 21.3 Å². The molecule has 1 aromatic carbocycles. The van der Waals surface area contributed by atoms with E-state index in [0.29, 0.717) is 6.42 Å². The smallest absolute Gasteiger partial charge is 0.407 e. The summed E-state index contributed by atoms with van der Waals surface area (Å²) in [4.78, 5) is 28.2. The van der Waals surface area contributed by atoms with Crippen LogP contribution in [0.2, 0.25) is 0 Å². The third-order valence-electron chi connectivity index (χ3n) is 2.64. The molecule has 2 amide bonds. The summed E-state index contributed by atoms with van der Waals surface area (Å²) in [7, 11) is 4.12. The maximum absolute atomic E-state index is 12.1. The number of nitrogens with zero attached hydrogens (tertiary/aromatic N) is 1. The van der Waals surface area contributed by atoms with Crippen molar-refractivity contribution in [1.82, 2.24) is 10.4 Å². The van der Waals surface area contributed by atoms with Gasteiger partial charge in [0.1, 0.15) is 6.04 Å². The fourth-order valence-electron chi connectivity index (χ4n) is 1.56. The molecular weight excluding hydrogens is 248 g/mol. The summed E-state index contributed by atoms with van der Waals surface area (Å²) in [6.07, 6.45) is -0.290.